The highest BCUT2D eigenvalue weighted by atomic mass is 16.5. The summed E-state index contributed by atoms with van der Waals surface area (Å²) in [7, 11) is 2.99. The smallest absolute Gasteiger partial charge is 0.305 e. The average Bonchev–Trinajstić information content (AvgIpc) is 2.53. The fourth-order valence-electron chi connectivity index (χ4n) is 1.88. The summed E-state index contributed by atoms with van der Waals surface area (Å²) in [5, 5.41) is 8.84. The molecule has 1 aromatic rings. The van der Waals surface area contributed by atoms with Crippen LogP contribution in [0.5, 0.6) is 5.75 Å². The third-order valence-electron chi connectivity index (χ3n) is 3.10. The number of hydrogen-bond donors (Lipinski definition) is 0. The van der Waals surface area contributed by atoms with Crippen molar-refractivity contribution in [3.8, 4) is 11.8 Å². The molecule has 1 rings (SSSR count). The Hall–Kier alpha value is -2.55. The van der Waals surface area contributed by atoms with Crippen LogP contribution in [-0.2, 0) is 14.3 Å². The Bertz CT molecular complexity index is 566. The monoisotopic (exact) mass is 304 g/mol. The highest BCUT2D eigenvalue weighted by Gasteiger charge is 2.19. The molecule has 0 aromatic heterocycles. The lowest BCUT2D eigenvalue weighted by molar-refractivity contribution is -0.142. The number of nitriles is 1. The number of ether oxygens (including phenoxy) is 2. The Morgan fingerprint density at radius 3 is 2.77 bits per heavy atom. The molecule has 0 aliphatic carbocycles. The van der Waals surface area contributed by atoms with Gasteiger partial charge in [-0.25, -0.2) is 0 Å². The van der Waals surface area contributed by atoms with E-state index in [1.165, 1.54) is 12.0 Å². The predicted octanol–water partition coefficient (Wildman–Crippen LogP) is 1.74. The van der Waals surface area contributed by atoms with Crippen molar-refractivity contribution in [1.82, 2.24) is 4.90 Å². The Kier molecular flexibility index (Phi) is 6.90. The fourth-order valence-corrected chi connectivity index (χ4v) is 1.88. The maximum absolute atomic E-state index is 12.2. The van der Waals surface area contributed by atoms with Gasteiger partial charge in [-0.2, -0.15) is 5.26 Å². The van der Waals surface area contributed by atoms with E-state index in [-0.39, 0.29) is 18.3 Å². The molecule has 1 atom stereocenters. The van der Waals surface area contributed by atoms with E-state index in [0.29, 0.717) is 24.3 Å². The first-order valence-electron chi connectivity index (χ1n) is 6.96. The number of rotatable bonds is 7. The van der Waals surface area contributed by atoms with Crippen molar-refractivity contribution in [3.05, 3.63) is 29.8 Å². The maximum Gasteiger partial charge on any atom is 0.305 e. The van der Waals surface area contributed by atoms with Crippen molar-refractivity contribution >= 4 is 11.9 Å². The molecule has 0 unspecified atom stereocenters. The zero-order valence-corrected chi connectivity index (χ0v) is 13.0. The van der Waals surface area contributed by atoms with E-state index >= 15 is 0 Å². The van der Waals surface area contributed by atoms with Gasteiger partial charge in [0.25, 0.3) is 5.91 Å². The van der Waals surface area contributed by atoms with Crippen molar-refractivity contribution in [2.24, 2.45) is 0 Å². The van der Waals surface area contributed by atoms with Crippen molar-refractivity contribution in [3.63, 3.8) is 0 Å². The van der Waals surface area contributed by atoms with Crippen LogP contribution in [0.25, 0.3) is 0 Å². The van der Waals surface area contributed by atoms with Gasteiger partial charge in [-0.3, -0.25) is 9.59 Å². The number of amides is 1. The van der Waals surface area contributed by atoms with E-state index in [0.717, 1.165) is 0 Å². The van der Waals surface area contributed by atoms with Gasteiger partial charge in [0.15, 0.2) is 6.10 Å². The standard InChI is InChI=1S/C16H20N2O4/c1-12(22-14-7-4-6-13(10-14)11-17)16(20)18(2)9-5-8-15(19)21-3/h4,6-7,10,12H,5,8-9H2,1-3H3/t12-/m1/s1. The largest absolute Gasteiger partial charge is 0.481 e. The quantitative estimate of drug-likeness (QED) is 0.717. The molecule has 0 aliphatic heterocycles. The van der Waals surface area contributed by atoms with E-state index in [1.807, 2.05) is 6.07 Å². The SMILES string of the molecule is COC(=O)CCCN(C)C(=O)[C@@H](C)Oc1cccc(C#N)c1. The Morgan fingerprint density at radius 2 is 2.14 bits per heavy atom. The Labute approximate surface area is 130 Å². The Morgan fingerprint density at radius 1 is 1.41 bits per heavy atom. The van der Waals surface area contributed by atoms with Gasteiger partial charge in [-0.15, -0.1) is 0 Å². The molecule has 0 N–H and O–H groups in total. The molecule has 0 bridgehead atoms. The molecule has 0 fully saturated rings. The van der Waals surface area contributed by atoms with E-state index in [2.05, 4.69) is 4.74 Å². The van der Waals surface area contributed by atoms with Crippen LogP contribution in [0.2, 0.25) is 0 Å². The number of nitrogens with zero attached hydrogens (tertiary/aromatic N) is 2. The van der Waals surface area contributed by atoms with Gasteiger partial charge >= 0.3 is 5.97 Å². The van der Waals surface area contributed by atoms with Crippen molar-refractivity contribution in [2.45, 2.75) is 25.9 Å². The number of hydrogen-bond acceptors (Lipinski definition) is 5. The predicted molar refractivity (Wildman–Crippen MR) is 80.1 cm³/mol. The van der Waals surface area contributed by atoms with Crippen LogP contribution < -0.4 is 4.74 Å². The van der Waals surface area contributed by atoms with Crippen LogP contribution in [0.1, 0.15) is 25.3 Å². The lowest BCUT2D eigenvalue weighted by Crippen LogP contribution is -2.38. The summed E-state index contributed by atoms with van der Waals surface area (Å²) in [4.78, 5) is 24.7. The molecule has 1 aromatic carbocycles. The number of esters is 1. The third-order valence-corrected chi connectivity index (χ3v) is 3.10. The molecule has 0 heterocycles. The molecular weight excluding hydrogens is 284 g/mol. The molecule has 22 heavy (non-hydrogen) atoms. The Balaban J connectivity index is 2.50. The van der Waals surface area contributed by atoms with E-state index in [4.69, 9.17) is 10.00 Å². The van der Waals surface area contributed by atoms with Crippen molar-refractivity contribution in [1.29, 1.82) is 5.26 Å². The van der Waals surface area contributed by atoms with Crippen LogP contribution in [-0.4, -0.2) is 43.6 Å². The minimum absolute atomic E-state index is 0.188. The van der Waals surface area contributed by atoms with Crippen LogP contribution in [0.3, 0.4) is 0 Å². The number of methoxy groups -OCH3 is 1. The summed E-state index contributed by atoms with van der Waals surface area (Å²) in [6.07, 6.45) is 0.135. The van der Waals surface area contributed by atoms with Crippen LogP contribution in [0, 0.1) is 11.3 Å². The summed E-state index contributed by atoms with van der Waals surface area (Å²) in [6.45, 7) is 2.10. The number of likely N-dealkylation sites (N-methyl/N-ethyl adjacent to an activating group) is 1. The van der Waals surface area contributed by atoms with Crippen molar-refractivity contribution in [2.75, 3.05) is 20.7 Å². The van der Waals surface area contributed by atoms with E-state index in [9.17, 15) is 9.59 Å². The molecule has 1 amide bonds. The molecule has 0 spiro atoms. The minimum atomic E-state index is -0.669. The summed E-state index contributed by atoms with van der Waals surface area (Å²) >= 11 is 0. The van der Waals surface area contributed by atoms with Crippen LogP contribution in [0.4, 0.5) is 0 Å². The first-order valence-corrected chi connectivity index (χ1v) is 6.96. The molecule has 0 saturated heterocycles. The lowest BCUT2D eigenvalue weighted by Gasteiger charge is -2.22. The summed E-state index contributed by atoms with van der Waals surface area (Å²) in [5.74, 6) is -0.00597. The second kappa shape index (κ2) is 8.67. The number of carbonyl (C=O) groups excluding carboxylic acids is 2. The molecule has 0 aliphatic rings. The van der Waals surface area contributed by atoms with Gasteiger partial charge in [0, 0.05) is 20.0 Å². The molecule has 6 heteroatoms. The molecule has 0 saturated carbocycles. The number of carbonyl (C=O) groups is 2. The van der Waals surface area contributed by atoms with Gasteiger partial charge in [-0.05, 0) is 31.5 Å². The third kappa shape index (κ3) is 5.44. The summed E-state index contributed by atoms with van der Waals surface area (Å²) in [5.41, 5.74) is 0.476. The summed E-state index contributed by atoms with van der Waals surface area (Å²) in [6, 6.07) is 8.66. The second-order valence-electron chi connectivity index (χ2n) is 4.84. The van der Waals surface area contributed by atoms with Crippen molar-refractivity contribution < 1.29 is 19.1 Å². The number of benzene rings is 1. The maximum atomic E-state index is 12.2. The van der Waals surface area contributed by atoms with Crippen LogP contribution >= 0.6 is 0 Å². The van der Waals surface area contributed by atoms with Gasteiger partial charge < -0.3 is 14.4 Å². The molecular formula is C16H20N2O4. The molecule has 118 valence electrons. The topological polar surface area (TPSA) is 79.6 Å². The fraction of sp³-hybridized carbons (Fsp3) is 0.438. The van der Waals surface area contributed by atoms with E-state index in [1.54, 1.807) is 38.2 Å². The van der Waals surface area contributed by atoms with E-state index < -0.39 is 6.10 Å². The van der Waals surface area contributed by atoms with Crippen LogP contribution in [0.15, 0.2) is 24.3 Å². The summed E-state index contributed by atoms with van der Waals surface area (Å²) < 4.78 is 10.1. The first kappa shape index (κ1) is 17.5. The minimum Gasteiger partial charge on any atom is -0.481 e. The first-order chi connectivity index (χ1) is 10.5. The van der Waals surface area contributed by atoms with Gasteiger partial charge in [-0.1, -0.05) is 6.07 Å². The van der Waals surface area contributed by atoms with Gasteiger partial charge in [0.1, 0.15) is 5.75 Å². The highest BCUT2D eigenvalue weighted by Crippen LogP contribution is 2.15. The normalized spacial score (nSPS) is 11.2. The zero-order valence-electron chi connectivity index (χ0n) is 13.0. The molecule has 6 nitrogen and oxygen atoms in total. The highest BCUT2D eigenvalue weighted by molar-refractivity contribution is 5.80. The lowest BCUT2D eigenvalue weighted by atomic mass is 10.2. The van der Waals surface area contributed by atoms with Gasteiger partial charge in [0.05, 0.1) is 18.7 Å². The zero-order chi connectivity index (χ0) is 16.5. The second-order valence-corrected chi connectivity index (χ2v) is 4.84. The molecule has 0 radical (unpaired) electrons. The average molecular weight is 304 g/mol. The van der Waals surface area contributed by atoms with Gasteiger partial charge in [0.2, 0.25) is 0 Å².